The zero-order valence-corrected chi connectivity index (χ0v) is 16.1. The van der Waals surface area contributed by atoms with Gasteiger partial charge in [0.05, 0.1) is 0 Å². The lowest BCUT2D eigenvalue weighted by molar-refractivity contribution is -0.213. The van der Waals surface area contributed by atoms with E-state index < -0.39 is 46.5 Å². The fraction of sp³-hybridized carbons (Fsp3) is 0.765. The molecule has 2 saturated carbocycles. The van der Waals surface area contributed by atoms with Crippen LogP contribution in [0, 0.1) is 17.3 Å². The van der Waals surface area contributed by atoms with Gasteiger partial charge < -0.3 is 9.47 Å². The first-order chi connectivity index (χ1) is 11.4. The Balaban J connectivity index is 2.25. The quantitative estimate of drug-likeness (QED) is 0.433. The minimum absolute atomic E-state index is 0.0237. The number of hydrogen-bond acceptors (Lipinski definition) is 6. The first kappa shape index (κ1) is 20.1. The van der Waals surface area contributed by atoms with Crippen molar-refractivity contribution in [3.63, 3.8) is 0 Å². The molecule has 0 amide bonds. The van der Waals surface area contributed by atoms with Gasteiger partial charge in [0.25, 0.3) is 0 Å². The molecule has 7 nitrogen and oxygen atoms in total. The summed E-state index contributed by atoms with van der Waals surface area (Å²) in [6.07, 6.45) is 1.63. The lowest BCUT2D eigenvalue weighted by atomic mass is 9.66. The highest BCUT2D eigenvalue weighted by Gasteiger charge is 2.76. The molecule has 25 heavy (non-hydrogen) atoms. The zero-order chi connectivity index (χ0) is 19.2. The minimum Gasteiger partial charge on any atom is -0.453 e. The molecule has 0 spiro atoms. The van der Waals surface area contributed by atoms with Crippen LogP contribution in [0.25, 0.3) is 0 Å². The second-order valence-corrected chi connectivity index (χ2v) is 8.22. The van der Waals surface area contributed by atoms with E-state index in [9.17, 15) is 18.4 Å². The number of ether oxygens (including phenoxy) is 2. The Morgan fingerprint density at radius 3 is 2.44 bits per heavy atom. The first-order valence-corrected chi connectivity index (χ1v) is 9.27. The Kier molecular flexibility index (Phi) is 5.20. The van der Waals surface area contributed by atoms with Gasteiger partial charge >= 0.3 is 23.3 Å². The van der Waals surface area contributed by atoms with E-state index in [0.29, 0.717) is 0 Å². The van der Waals surface area contributed by atoms with Crippen molar-refractivity contribution in [1.82, 2.24) is 0 Å². The maximum Gasteiger partial charge on any atom is 0.344 e. The predicted octanol–water partition coefficient (Wildman–Crippen LogP) is 2.39. The highest BCUT2D eigenvalue weighted by molar-refractivity contribution is 7.74. The molecule has 2 fully saturated rings. The van der Waals surface area contributed by atoms with Crippen molar-refractivity contribution in [2.75, 3.05) is 6.61 Å². The third-order valence-electron chi connectivity index (χ3n) is 6.56. The van der Waals surface area contributed by atoms with Crippen LogP contribution < -0.4 is 0 Å². The van der Waals surface area contributed by atoms with E-state index in [4.69, 9.17) is 13.7 Å². The number of hydrogen-bond donors (Lipinski definition) is 1. The van der Waals surface area contributed by atoms with E-state index in [1.54, 1.807) is 13.8 Å². The van der Waals surface area contributed by atoms with Gasteiger partial charge in [-0.15, -0.1) is 0 Å². The molecule has 0 aromatic heterocycles. The normalized spacial score (nSPS) is 40.6. The molecule has 6 atom stereocenters. The molecule has 1 N–H and O–H groups in total. The van der Waals surface area contributed by atoms with Crippen LogP contribution in [-0.2, 0) is 34.6 Å². The molecule has 142 valence electrons. The van der Waals surface area contributed by atoms with Crippen molar-refractivity contribution < 1.29 is 32.0 Å². The number of esters is 2. The number of rotatable bonds is 6. The zero-order valence-electron chi connectivity index (χ0n) is 15.3. The fourth-order valence-electron chi connectivity index (χ4n) is 4.74. The van der Waals surface area contributed by atoms with Gasteiger partial charge in [-0.25, -0.2) is 9.59 Å². The summed E-state index contributed by atoms with van der Waals surface area (Å²) < 4.78 is 36.7. The molecular weight excluding hydrogens is 348 g/mol. The van der Waals surface area contributed by atoms with Gasteiger partial charge in [-0.2, -0.15) is 4.21 Å². The summed E-state index contributed by atoms with van der Waals surface area (Å²) in [5.74, 6) is -1.29. The highest BCUT2D eigenvalue weighted by atomic mass is 32.2. The van der Waals surface area contributed by atoms with Crippen LogP contribution in [0.15, 0.2) is 12.2 Å². The molecular formula is C17H26O7S. The van der Waals surface area contributed by atoms with Gasteiger partial charge in [0.15, 0.2) is 6.61 Å². The van der Waals surface area contributed by atoms with Crippen LogP contribution >= 0.6 is 0 Å². The summed E-state index contributed by atoms with van der Waals surface area (Å²) in [5, 5.41) is 0. The van der Waals surface area contributed by atoms with Crippen LogP contribution in [0.2, 0.25) is 0 Å². The van der Waals surface area contributed by atoms with Crippen LogP contribution in [-0.4, -0.2) is 38.5 Å². The number of fused-ring (bicyclic) bond motifs is 2. The molecule has 2 bridgehead atoms. The lowest BCUT2D eigenvalue weighted by Crippen LogP contribution is -2.62. The van der Waals surface area contributed by atoms with Gasteiger partial charge in [0.1, 0.15) is 11.2 Å². The van der Waals surface area contributed by atoms with Crippen molar-refractivity contribution in [3.8, 4) is 0 Å². The van der Waals surface area contributed by atoms with Crippen molar-refractivity contribution in [2.24, 2.45) is 17.3 Å². The highest BCUT2D eigenvalue weighted by Crippen LogP contribution is 2.69. The Morgan fingerprint density at radius 1 is 1.32 bits per heavy atom. The Morgan fingerprint density at radius 2 is 1.92 bits per heavy atom. The van der Waals surface area contributed by atoms with Gasteiger partial charge in [-0.3, -0.25) is 8.74 Å². The van der Waals surface area contributed by atoms with Gasteiger partial charge in [0.2, 0.25) is 0 Å². The fourth-order valence-corrected chi connectivity index (χ4v) is 5.31. The first-order valence-electron chi connectivity index (χ1n) is 8.24. The summed E-state index contributed by atoms with van der Waals surface area (Å²) >= 11 is -2.50. The largest absolute Gasteiger partial charge is 0.453 e. The number of carbonyl (C=O) groups excluding carboxylic acids is 2. The molecule has 0 aliphatic heterocycles. The van der Waals surface area contributed by atoms with Crippen molar-refractivity contribution in [2.45, 2.75) is 58.7 Å². The van der Waals surface area contributed by atoms with E-state index in [-0.39, 0.29) is 17.4 Å². The van der Waals surface area contributed by atoms with Crippen molar-refractivity contribution in [3.05, 3.63) is 12.2 Å². The molecule has 0 heterocycles. The van der Waals surface area contributed by atoms with E-state index in [2.05, 4.69) is 6.58 Å². The van der Waals surface area contributed by atoms with Crippen LogP contribution in [0.4, 0.5) is 0 Å². The lowest BCUT2D eigenvalue weighted by Gasteiger charge is -2.50. The topological polar surface area (TPSA) is 99.1 Å². The molecule has 0 radical (unpaired) electrons. The molecule has 0 saturated heterocycles. The molecule has 8 heteroatoms. The van der Waals surface area contributed by atoms with E-state index in [1.165, 1.54) is 6.92 Å². The van der Waals surface area contributed by atoms with Crippen LogP contribution in [0.3, 0.4) is 0 Å². The Bertz CT molecular complexity index is 632. The molecule has 2 aliphatic carbocycles. The second kappa shape index (κ2) is 6.48. The maximum atomic E-state index is 12.3. The standard InChI is InChI=1S/C17H26O7S/c1-10(2)14(19)22-9-13(18)23-17(6)15(4)8-7-12(11(15)3)16(17,5)24-25(20)21/h11-12H,1,7-9H2,2-6H3,(H,20,21). The van der Waals surface area contributed by atoms with E-state index in [0.717, 1.165) is 12.8 Å². The second-order valence-electron chi connectivity index (χ2n) is 7.62. The smallest absolute Gasteiger partial charge is 0.344 e. The molecule has 2 aliphatic rings. The minimum atomic E-state index is -2.50. The van der Waals surface area contributed by atoms with Gasteiger partial charge in [0, 0.05) is 11.0 Å². The van der Waals surface area contributed by atoms with Gasteiger partial charge in [-0.1, -0.05) is 20.4 Å². The molecule has 0 aromatic rings. The van der Waals surface area contributed by atoms with E-state index >= 15 is 0 Å². The monoisotopic (exact) mass is 374 g/mol. The summed E-state index contributed by atoms with van der Waals surface area (Å²) in [4.78, 5) is 23.8. The summed E-state index contributed by atoms with van der Waals surface area (Å²) in [5.41, 5.74) is -2.48. The third kappa shape index (κ3) is 2.94. The SMILES string of the molecule is C=C(C)C(=O)OCC(=O)OC1(C)C2(C)CCC(C2C)C1(C)OS(=O)O. The summed E-state index contributed by atoms with van der Waals surface area (Å²) in [6, 6.07) is 0. The average molecular weight is 374 g/mol. The van der Waals surface area contributed by atoms with Crippen LogP contribution in [0.5, 0.6) is 0 Å². The Hall–Kier alpha value is -1.25. The maximum absolute atomic E-state index is 12.3. The predicted molar refractivity (Wildman–Crippen MR) is 90.5 cm³/mol. The Labute approximate surface area is 150 Å². The summed E-state index contributed by atoms with van der Waals surface area (Å²) in [6.45, 7) is 11.9. The van der Waals surface area contributed by atoms with E-state index in [1.807, 2.05) is 13.8 Å². The average Bonchev–Trinajstić information content (AvgIpc) is 2.84. The molecule has 2 rings (SSSR count). The van der Waals surface area contributed by atoms with Crippen LogP contribution in [0.1, 0.15) is 47.5 Å². The van der Waals surface area contributed by atoms with Crippen molar-refractivity contribution in [1.29, 1.82) is 0 Å². The third-order valence-corrected chi connectivity index (χ3v) is 7.05. The summed E-state index contributed by atoms with van der Waals surface area (Å²) in [7, 11) is 0. The molecule has 6 unspecified atom stereocenters. The van der Waals surface area contributed by atoms with Gasteiger partial charge in [-0.05, 0) is 45.4 Å². The van der Waals surface area contributed by atoms with Crippen molar-refractivity contribution >= 4 is 23.3 Å². The molecule has 0 aromatic carbocycles. The number of carbonyl (C=O) groups is 2.